The van der Waals surface area contributed by atoms with Gasteiger partial charge in [0.05, 0.1) is 19.0 Å². The molecule has 0 amide bonds. The Balaban J connectivity index is 1.28. The van der Waals surface area contributed by atoms with Gasteiger partial charge in [-0.2, -0.15) is 4.98 Å². The molecule has 1 saturated carbocycles. The van der Waals surface area contributed by atoms with Gasteiger partial charge in [-0.3, -0.25) is 9.78 Å². The zero-order valence-corrected chi connectivity index (χ0v) is 23.5. The lowest BCUT2D eigenvalue weighted by atomic mass is 9.75. The molecule has 0 unspecified atom stereocenters. The normalized spacial score (nSPS) is 17.1. The molecule has 0 spiro atoms. The highest BCUT2D eigenvalue weighted by molar-refractivity contribution is 5.71. The molecule has 2 aromatic heterocycles. The molecule has 2 atom stereocenters. The standard InChI is InChI=1S/C34H35N5O2/c1-23(2)20-35-33-37-31-30(32(40)38-33)36-22-39(31)29-19-25(24(29)3)21-41-34(26-13-7-4-8-14-26,27-15-9-5-10-16-27)28-17-11-6-12-18-28/h4-18,22-23,25,29H,3,19-21H2,1-2H3,(H2,35,37,38,40)/t25-,29-/m1/s1. The molecule has 2 N–H and O–H groups in total. The lowest BCUT2D eigenvalue weighted by molar-refractivity contribution is -0.0154. The Labute approximate surface area is 240 Å². The molecule has 208 valence electrons. The number of fused-ring (bicyclic) bond motifs is 1. The SMILES string of the molecule is C=C1[C@@H](COC(c2ccccc2)(c2ccccc2)c2ccccc2)C[C@H]1n1cnc2c(=O)[nH]c(NCC(C)C)nc21. The molecule has 7 nitrogen and oxygen atoms in total. The molecule has 1 aliphatic carbocycles. The summed E-state index contributed by atoms with van der Waals surface area (Å²) >= 11 is 0. The second-order valence-corrected chi connectivity index (χ2v) is 11.1. The molecular formula is C34H35N5O2. The van der Waals surface area contributed by atoms with Crippen molar-refractivity contribution >= 4 is 17.1 Å². The first-order chi connectivity index (χ1) is 20.0. The van der Waals surface area contributed by atoms with E-state index in [1.807, 2.05) is 22.8 Å². The second kappa shape index (κ2) is 11.2. The number of imidazole rings is 1. The minimum Gasteiger partial charge on any atom is -0.360 e. The number of hydrogen-bond acceptors (Lipinski definition) is 5. The summed E-state index contributed by atoms with van der Waals surface area (Å²) in [5, 5.41) is 3.22. The predicted molar refractivity (Wildman–Crippen MR) is 163 cm³/mol. The number of benzene rings is 3. The van der Waals surface area contributed by atoms with Crippen molar-refractivity contribution in [3.63, 3.8) is 0 Å². The van der Waals surface area contributed by atoms with Gasteiger partial charge in [-0.1, -0.05) is 111 Å². The maximum Gasteiger partial charge on any atom is 0.280 e. The van der Waals surface area contributed by atoms with E-state index in [9.17, 15) is 4.79 Å². The summed E-state index contributed by atoms with van der Waals surface area (Å²) < 4.78 is 9.02. The highest BCUT2D eigenvalue weighted by Gasteiger charge is 2.42. The lowest BCUT2D eigenvalue weighted by Crippen LogP contribution is -2.39. The van der Waals surface area contributed by atoms with Crippen LogP contribution in [0.1, 0.15) is 43.0 Å². The molecule has 7 heteroatoms. The maximum absolute atomic E-state index is 12.7. The topological polar surface area (TPSA) is 84.8 Å². The van der Waals surface area contributed by atoms with Crippen molar-refractivity contribution in [1.29, 1.82) is 0 Å². The van der Waals surface area contributed by atoms with Gasteiger partial charge in [-0.05, 0) is 34.6 Å². The van der Waals surface area contributed by atoms with Gasteiger partial charge in [0, 0.05) is 12.5 Å². The van der Waals surface area contributed by atoms with Crippen molar-refractivity contribution in [2.45, 2.75) is 31.9 Å². The van der Waals surface area contributed by atoms with Gasteiger partial charge in [0.25, 0.3) is 5.56 Å². The van der Waals surface area contributed by atoms with E-state index in [1.54, 1.807) is 6.33 Å². The van der Waals surface area contributed by atoms with Crippen LogP contribution in [0.15, 0.2) is 114 Å². The molecule has 5 aromatic rings. The van der Waals surface area contributed by atoms with Crippen LogP contribution in [0.3, 0.4) is 0 Å². The van der Waals surface area contributed by atoms with Crippen LogP contribution < -0.4 is 10.9 Å². The largest absolute Gasteiger partial charge is 0.360 e. The lowest BCUT2D eigenvalue weighted by Gasteiger charge is -2.42. The van der Waals surface area contributed by atoms with Crippen molar-refractivity contribution in [1.82, 2.24) is 19.5 Å². The van der Waals surface area contributed by atoms with E-state index in [0.29, 0.717) is 36.2 Å². The highest BCUT2D eigenvalue weighted by atomic mass is 16.5. The molecule has 0 saturated heterocycles. The first-order valence-corrected chi connectivity index (χ1v) is 14.2. The van der Waals surface area contributed by atoms with Crippen LogP contribution in [0.5, 0.6) is 0 Å². The quantitative estimate of drug-likeness (QED) is 0.159. The molecule has 2 heterocycles. The van der Waals surface area contributed by atoms with Gasteiger partial charge >= 0.3 is 0 Å². The molecule has 1 aliphatic rings. The zero-order chi connectivity index (χ0) is 28.4. The molecule has 0 radical (unpaired) electrons. The Kier molecular flexibility index (Phi) is 7.28. The van der Waals surface area contributed by atoms with E-state index in [0.717, 1.165) is 28.7 Å². The smallest absolute Gasteiger partial charge is 0.280 e. The van der Waals surface area contributed by atoms with Crippen molar-refractivity contribution in [3.05, 3.63) is 137 Å². The average Bonchev–Trinajstić information content (AvgIpc) is 3.42. The van der Waals surface area contributed by atoms with Gasteiger partial charge in [0.15, 0.2) is 11.2 Å². The van der Waals surface area contributed by atoms with Gasteiger partial charge in [0.2, 0.25) is 5.95 Å². The molecule has 0 bridgehead atoms. The summed E-state index contributed by atoms with van der Waals surface area (Å²) in [5.74, 6) is 1.03. The van der Waals surface area contributed by atoms with E-state index in [-0.39, 0.29) is 17.5 Å². The van der Waals surface area contributed by atoms with Crippen LogP contribution in [0.2, 0.25) is 0 Å². The fourth-order valence-electron chi connectivity index (χ4n) is 5.68. The third-order valence-electron chi connectivity index (χ3n) is 7.95. The van der Waals surface area contributed by atoms with Gasteiger partial charge in [-0.25, -0.2) is 4.98 Å². The molecular weight excluding hydrogens is 510 g/mol. The Morgan fingerprint density at radius 3 is 2.05 bits per heavy atom. The van der Waals surface area contributed by atoms with Crippen LogP contribution in [0.4, 0.5) is 5.95 Å². The molecule has 3 aromatic carbocycles. The van der Waals surface area contributed by atoms with E-state index in [2.05, 4.69) is 109 Å². The number of hydrogen-bond donors (Lipinski definition) is 2. The fourth-order valence-corrected chi connectivity index (χ4v) is 5.68. The molecule has 41 heavy (non-hydrogen) atoms. The summed E-state index contributed by atoms with van der Waals surface area (Å²) in [4.78, 5) is 24.6. The van der Waals surface area contributed by atoms with Gasteiger partial charge in [-0.15, -0.1) is 0 Å². The van der Waals surface area contributed by atoms with Crippen molar-refractivity contribution in [3.8, 4) is 0 Å². The Morgan fingerprint density at radius 2 is 1.54 bits per heavy atom. The van der Waals surface area contributed by atoms with Crippen LogP contribution in [-0.4, -0.2) is 32.7 Å². The van der Waals surface area contributed by atoms with E-state index in [1.165, 1.54) is 0 Å². The third-order valence-corrected chi connectivity index (χ3v) is 7.95. The first kappa shape index (κ1) is 26.7. The summed E-state index contributed by atoms with van der Waals surface area (Å²) in [7, 11) is 0. The minimum atomic E-state index is -0.775. The van der Waals surface area contributed by atoms with E-state index in [4.69, 9.17) is 9.72 Å². The fraction of sp³-hybridized carbons (Fsp3) is 0.265. The number of ether oxygens (including phenoxy) is 1. The van der Waals surface area contributed by atoms with E-state index < -0.39 is 5.60 Å². The number of aromatic amines is 1. The number of nitrogens with one attached hydrogen (secondary N) is 2. The molecule has 6 rings (SSSR count). The zero-order valence-electron chi connectivity index (χ0n) is 23.5. The van der Waals surface area contributed by atoms with Gasteiger partial charge < -0.3 is 14.6 Å². The number of H-pyrrole nitrogens is 1. The van der Waals surface area contributed by atoms with Crippen LogP contribution in [0, 0.1) is 11.8 Å². The summed E-state index contributed by atoms with van der Waals surface area (Å²) in [5.41, 5.74) is 4.15. The average molecular weight is 546 g/mol. The summed E-state index contributed by atoms with van der Waals surface area (Å²) in [6.45, 7) is 9.88. The molecule has 1 fully saturated rings. The number of aromatic nitrogens is 4. The summed E-state index contributed by atoms with van der Waals surface area (Å²) in [6, 6.07) is 31.2. The first-order valence-electron chi connectivity index (χ1n) is 14.2. The monoisotopic (exact) mass is 545 g/mol. The van der Waals surface area contributed by atoms with Crippen LogP contribution in [0.25, 0.3) is 11.2 Å². The van der Waals surface area contributed by atoms with Crippen molar-refractivity contribution in [2.24, 2.45) is 11.8 Å². The number of rotatable bonds is 10. The number of anilines is 1. The molecule has 0 aliphatic heterocycles. The van der Waals surface area contributed by atoms with Crippen molar-refractivity contribution in [2.75, 3.05) is 18.5 Å². The summed E-state index contributed by atoms with van der Waals surface area (Å²) in [6.07, 6.45) is 2.52. The van der Waals surface area contributed by atoms with Crippen molar-refractivity contribution < 1.29 is 4.74 Å². The Hall–Kier alpha value is -4.49. The van der Waals surface area contributed by atoms with E-state index >= 15 is 0 Å². The third kappa shape index (κ3) is 4.98. The highest BCUT2D eigenvalue weighted by Crippen LogP contribution is 2.46. The van der Waals surface area contributed by atoms with Gasteiger partial charge in [0.1, 0.15) is 5.60 Å². The maximum atomic E-state index is 12.7. The van der Waals surface area contributed by atoms with Crippen LogP contribution in [-0.2, 0) is 10.3 Å². The number of nitrogens with zero attached hydrogens (tertiary/aromatic N) is 3. The second-order valence-electron chi connectivity index (χ2n) is 11.1. The van der Waals surface area contributed by atoms with Crippen LogP contribution >= 0.6 is 0 Å². The predicted octanol–water partition coefficient (Wildman–Crippen LogP) is 6.31. The Morgan fingerprint density at radius 1 is 0.976 bits per heavy atom. The minimum absolute atomic E-state index is 0.000393. The Bertz CT molecular complexity index is 1600.